The van der Waals surface area contributed by atoms with Gasteiger partial charge in [0.2, 0.25) is 11.8 Å². The highest BCUT2D eigenvalue weighted by atomic mass is 35.5. The first-order valence-electron chi connectivity index (χ1n) is 10.8. The highest BCUT2D eigenvalue weighted by molar-refractivity contribution is 6.31. The quantitative estimate of drug-likeness (QED) is 0.626. The van der Waals surface area contributed by atoms with Crippen LogP contribution in [-0.4, -0.2) is 63.9 Å². The van der Waals surface area contributed by atoms with Crippen LogP contribution >= 0.6 is 11.6 Å². The van der Waals surface area contributed by atoms with Gasteiger partial charge in [-0.25, -0.2) is 4.98 Å². The third kappa shape index (κ3) is 5.98. The second kappa shape index (κ2) is 10.2. The third-order valence-electron chi connectivity index (χ3n) is 5.65. The van der Waals surface area contributed by atoms with Crippen LogP contribution in [0.2, 0.25) is 5.02 Å². The number of anilines is 1. The SMILES string of the molecule is O=C(Nc1cnn(CC(=O)N2CCC(COc3ncc(C(F)(F)F)cc3Cl)C2)c1)C1CCCO1. The zero-order chi connectivity index (χ0) is 24.3. The number of carbonyl (C=O) groups excluding carboxylic acids is 2. The van der Waals surface area contributed by atoms with E-state index < -0.39 is 17.8 Å². The molecule has 0 aromatic carbocycles. The van der Waals surface area contributed by atoms with Crippen LogP contribution in [0.25, 0.3) is 0 Å². The minimum absolute atomic E-state index is 0.00959. The van der Waals surface area contributed by atoms with Gasteiger partial charge in [-0.1, -0.05) is 11.6 Å². The number of carbonyl (C=O) groups is 2. The minimum atomic E-state index is -4.53. The normalized spacial score (nSPS) is 20.5. The minimum Gasteiger partial charge on any atom is -0.476 e. The molecule has 9 nitrogen and oxygen atoms in total. The molecule has 0 spiro atoms. The number of hydrogen-bond donors (Lipinski definition) is 1. The molecule has 2 aromatic rings. The van der Waals surface area contributed by atoms with E-state index in [1.807, 2.05) is 0 Å². The maximum atomic E-state index is 12.7. The second-order valence-electron chi connectivity index (χ2n) is 8.23. The van der Waals surface area contributed by atoms with E-state index in [1.54, 1.807) is 11.1 Å². The summed E-state index contributed by atoms with van der Waals surface area (Å²) in [7, 11) is 0. The van der Waals surface area contributed by atoms with Crippen molar-refractivity contribution < 1.29 is 32.2 Å². The van der Waals surface area contributed by atoms with Gasteiger partial charge in [0.1, 0.15) is 17.7 Å². The van der Waals surface area contributed by atoms with Crippen LogP contribution in [0, 0.1) is 5.92 Å². The number of nitrogens with zero attached hydrogens (tertiary/aromatic N) is 4. The van der Waals surface area contributed by atoms with E-state index in [0.29, 0.717) is 44.4 Å². The number of rotatable bonds is 7. The van der Waals surface area contributed by atoms with Crippen molar-refractivity contribution in [1.29, 1.82) is 0 Å². The Balaban J connectivity index is 1.23. The lowest BCUT2D eigenvalue weighted by Crippen LogP contribution is -2.32. The van der Waals surface area contributed by atoms with E-state index in [1.165, 1.54) is 10.9 Å². The smallest absolute Gasteiger partial charge is 0.417 e. The Hall–Kier alpha value is -2.86. The molecule has 2 aliphatic heterocycles. The highest BCUT2D eigenvalue weighted by Gasteiger charge is 2.32. The van der Waals surface area contributed by atoms with Crippen molar-refractivity contribution in [3.63, 3.8) is 0 Å². The highest BCUT2D eigenvalue weighted by Crippen LogP contribution is 2.33. The van der Waals surface area contributed by atoms with Crippen LogP contribution in [0.4, 0.5) is 18.9 Å². The first-order valence-corrected chi connectivity index (χ1v) is 11.1. The number of nitrogens with one attached hydrogen (secondary N) is 1. The summed E-state index contributed by atoms with van der Waals surface area (Å²) in [6.45, 7) is 1.70. The topological polar surface area (TPSA) is 98.6 Å². The molecule has 13 heteroatoms. The van der Waals surface area contributed by atoms with Gasteiger partial charge in [-0.05, 0) is 25.3 Å². The maximum Gasteiger partial charge on any atom is 0.417 e. The first-order chi connectivity index (χ1) is 16.2. The van der Waals surface area contributed by atoms with Gasteiger partial charge in [0.15, 0.2) is 0 Å². The van der Waals surface area contributed by atoms with Crippen molar-refractivity contribution in [2.24, 2.45) is 5.92 Å². The molecular formula is C21H23ClF3N5O4. The van der Waals surface area contributed by atoms with E-state index in [-0.39, 0.29) is 41.8 Å². The summed E-state index contributed by atoms with van der Waals surface area (Å²) in [6.07, 6.45) is 0.940. The van der Waals surface area contributed by atoms with E-state index in [2.05, 4.69) is 15.4 Å². The predicted octanol–water partition coefficient (Wildman–Crippen LogP) is 3.00. The van der Waals surface area contributed by atoms with Crippen LogP contribution in [0.1, 0.15) is 24.8 Å². The summed E-state index contributed by atoms with van der Waals surface area (Å²) in [5, 5.41) is 6.64. The maximum absolute atomic E-state index is 12.7. The Morgan fingerprint density at radius 2 is 2.12 bits per heavy atom. The molecule has 2 amide bonds. The lowest BCUT2D eigenvalue weighted by atomic mass is 10.1. The van der Waals surface area contributed by atoms with Gasteiger partial charge in [-0.3, -0.25) is 14.3 Å². The molecule has 184 valence electrons. The first kappa shape index (κ1) is 24.3. The largest absolute Gasteiger partial charge is 0.476 e. The number of ether oxygens (including phenoxy) is 2. The zero-order valence-electron chi connectivity index (χ0n) is 18.1. The number of alkyl halides is 3. The molecule has 4 heterocycles. The number of likely N-dealkylation sites (tertiary alicyclic amines) is 1. The number of halogens is 4. The van der Waals surface area contributed by atoms with Gasteiger partial charge in [0.25, 0.3) is 5.91 Å². The van der Waals surface area contributed by atoms with Crippen LogP contribution in [-0.2, 0) is 27.0 Å². The number of pyridine rings is 1. The fraction of sp³-hybridized carbons (Fsp3) is 0.524. The second-order valence-corrected chi connectivity index (χ2v) is 8.64. The molecular weight excluding hydrogens is 479 g/mol. The summed E-state index contributed by atoms with van der Waals surface area (Å²) >= 11 is 5.87. The molecule has 0 radical (unpaired) electrons. The van der Waals surface area contributed by atoms with Crippen molar-refractivity contribution in [2.45, 2.75) is 38.1 Å². The van der Waals surface area contributed by atoms with Crippen molar-refractivity contribution in [1.82, 2.24) is 19.7 Å². The molecule has 0 saturated carbocycles. The van der Waals surface area contributed by atoms with Crippen LogP contribution in [0.5, 0.6) is 5.88 Å². The average molecular weight is 502 g/mol. The third-order valence-corrected chi connectivity index (χ3v) is 5.92. The molecule has 2 fully saturated rings. The van der Waals surface area contributed by atoms with Gasteiger partial charge in [0.05, 0.1) is 24.1 Å². The fourth-order valence-corrected chi connectivity index (χ4v) is 4.06. The standard InChI is InChI=1S/C21H23ClF3N5O4/c22-16-6-14(21(23,24)25)7-26-20(16)34-12-13-3-4-29(9-13)18(31)11-30-10-15(8-27-30)28-19(32)17-2-1-5-33-17/h6-8,10,13,17H,1-5,9,11-12H2,(H,28,32). The molecule has 4 rings (SSSR count). The van der Waals surface area contributed by atoms with Crippen molar-refractivity contribution in [3.8, 4) is 5.88 Å². The Morgan fingerprint density at radius 3 is 2.82 bits per heavy atom. The van der Waals surface area contributed by atoms with Crippen molar-refractivity contribution in [2.75, 3.05) is 31.6 Å². The van der Waals surface area contributed by atoms with E-state index in [9.17, 15) is 22.8 Å². The molecule has 2 saturated heterocycles. The Morgan fingerprint density at radius 1 is 1.29 bits per heavy atom. The molecule has 0 bridgehead atoms. The summed E-state index contributed by atoms with van der Waals surface area (Å²) in [6, 6.07) is 0.774. The summed E-state index contributed by atoms with van der Waals surface area (Å²) in [5.74, 6) is -0.460. The van der Waals surface area contributed by atoms with Gasteiger partial charge in [0, 0.05) is 38.0 Å². The van der Waals surface area contributed by atoms with E-state index >= 15 is 0 Å². The fourth-order valence-electron chi connectivity index (χ4n) is 3.84. The van der Waals surface area contributed by atoms with E-state index in [0.717, 1.165) is 12.5 Å². The molecule has 34 heavy (non-hydrogen) atoms. The van der Waals surface area contributed by atoms with Gasteiger partial charge >= 0.3 is 6.18 Å². The molecule has 2 unspecified atom stereocenters. The summed E-state index contributed by atoms with van der Waals surface area (Å²) in [5.41, 5.74) is -0.461. The Bertz CT molecular complexity index is 1040. The molecule has 0 aliphatic carbocycles. The number of hydrogen-bond acceptors (Lipinski definition) is 6. The van der Waals surface area contributed by atoms with Crippen molar-refractivity contribution >= 4 is 29.1 Å². The van der Waals surface area contributed by atoms with E-state index in [4.69, 9.17) is 21.1 Å². The van der Waals surface area contributed by atoms with Gasteiger partial charge in [-0.2, -0.15) is 18.3 Å². The average Bonchev–Trinajstić information content (AvgIpc) is 3.54. The molecule has 2 aromatic heterocycles. The lowest BCUT2D eigenvalue weighted by Gasteiger charge is -2.17. The predicted molar refractivity (Wildman–Crippen MR) is 114 cm³/mol. The Kier molecular flexibility index (Phi) is 7.27. The lowest BCUT2D eigenvalue weighted by molar-refractivity contribution is -0.138. The number of aromatic nitrogens is 3. The zero-order valence-corrected chi connectivity index (χ0v) is 18.8. The van der Waals surface area contributed by atoms with Crippen LogP contribution in [0.15, 0.2) is 24.7 Å². The molecule has 2 atom stereocenters. The Labute approximate surface area is 198 Å². The molecule has 2 aliphatic rings. The summed E-state index contributed by atoms with van der Waals surface area (Å²) in [4.78, 5) is 30.1. The van der Waals surface area contributed by atoms with Crippen LogP contribution in [0.3, 0.4) is 0 Å². The van der Waals surface area contributed by atoms with Gasteiger partial charge < -0.3 is 19.7 Å². The molecule has 1 N–H and O–H groups in total. The number of amides is 2. The van der Waals surface area contributed by atoms with Gasteiger partial charge in [-0.15, -0.1) is 0 Å². The monoisotopic (exact) mass is 501 g/mol. The summed E-state index contributed by atoms with van der Waals surface area (Å²) < 4.78 is 50.5. The van der Waals surface area contributed by atoms with Crippen molar-refractivity contribution in [3.05, 3.63) is 35.2 Å². The van der Waals surface area contributed by atoms with Crippen LogP contribution < -0.4 is 10.1 Å².